The summed E-state index contributed by atoms with van der Waals surface area (Å²) < 4.78 is 5.46. The molecule has 3 heteroatoms. The van der Waals surface area contributed by atoms with E-state index in [0.29, 0.717) is 18.1 Å². The molecule has 0 saturated carbocycles. The topological polar surface area (TPSA) is 45.9 Å². The predicted molar refractivity (Wildman–Crippen MR) is 66.8 cm³/mol. The van der Waals surface area contributed by atoms with Gasteiger partial charge in [0.1, 0.15) is 18.2 Å². The van der Waals surface area contributed by atoms with Gasteiger partial charge in [-0.05, 0) is 19.1 Å². The lowest BCUT2D eigenvalue weighted by Crippen LogP contribution is -1.98. The summed E-state index contributed by atoms with van der Waals surface area (Å²) in [4.78, 5) is 4.34. The molecule has 3 nitrogen and oxygen atoms in total. The first kappa shape index (κ1) is 11.2. The quantitative estimate of drug-likeness (QED) is 0.753. The molecule has 0 aliphatic rings. The third-order valence-corrected chi connectivity index (χ3v) is 2.36. The number of ether oxygens (including phenoxy) is 1. The third kappa shape index (κ3) is 2.43. The van der Waals surface area contributed by atoms with Gasteiger partial charge in [0, 0.05) is 5.39 Å². The summed E-state index contributed by atoms with van der Waals surface area (Å²) in [5, 5.41) is 9.99. The lowest BCUT2D eigenvalue weighted by Gasteiger charge is -2.05. The Labute approximate surface area is 100.0 Å². The van der Waals surface area contributed by atoms with Gasteiger partial charge in [-0.1, -0.05) is 30.4 Å². The van der Waals surface area contributed by atoms with E-state index >= 15 is 0 Å². The number of fused-ring (bicyclic) bond motifs is 1. The lowest BCUT2D eigenvalue weighted by atomic mass is 10.1. The van der Waals surface area contributed by atoms with Gasteiger partial charge >= 0.3 is 0 Å². The molecule has 0 amide bonds. The minimum absolute atomic E-state index is 0.393. The van der Waals surface area contributed by atoms with E-state index in [1.54, 1.807) is 6.07 Å². The summed E-state index contributed by atoms with van der Waals surface area (Å²) >= 11 is 0. The number of allylic oxidation sites excluding steroid dienone is 1. The molecule has 0 spiro atoms. The Kier molecular flexibility index (Phi) is 3.37. The smallest absolute Gasteiger partial charge is 0.232 e. The molecule has 2 aromatic rings. The zero-order chi connectivity index (χ0) is 12.1. The van der Waals surface area contributed by atoms with Crippen LogP contribution in [0.2, 0.25) is 0 Å². The number of rotatable bonds is 3. The van der Waals surface area contributed by atoms with Crippen molar-refractivity contribution in [3.05, 3.63) is 48.0 Å². The van der Waals surface area contributed by atoms with E-state index in [4.69, 9.17) is 10.00 Å². The SMILES string of the molecule is CC=CCOc1nc2ccccc2cc1C#N. The van der Waals surface area contributed by atoms with Gasteiger partial charge in [0.05, 0.1) is 5.52 Å². The molecule has 0 bridgehead atoms. The molecule has 0 unspecified atom stereocenters. The van der Waals surface area contributed by atoms with Crippen LogP contribution in [0.15, 0.2) is 42.5 Å². The van der Waals surface area contributed by atoms with Crippen molar-refractivity contribution < 1.29 is 4.74 Å². The second kappa shape index (κ2) is 5.13. The van der Waals surface area contributed by atoms with Gasteiger partial charge in [-0.25, -0.2) is 4.98 Å². The molecule has 2 rings (SSSR count). The second-order valence-electron chi connectivity index (χ2n) is 3.53. The summed E-state index contributed by atoms with van der Waals surface area (Å²) in [6.45, 7) is 2.35. The number of aromatic nitrogens is 1. The standard InChI is InChI=1S/C14H12N2O/c1-2-3-8-17-14-12(10-15)9-11-6-4-5-7-13(11)16-14/h2-7,9H,8H2,1H3. The first-order valence-electron chi connectivity index (χ1n) is 5.39. The average molecular weight is 224 g/mol. The summed E-state index contributed by atoms with van der Waals surface area (Å²) in [5.41, 5.74) is 1.30. The van der Waals surface area contributed by atoms with Gasteiger partial charge in [-0.3, -0.25) is 0 Å². The van der Waals surface area contributed by atoms with Crippen molar-refractivity contribution in [3.63, 3.8) is 0 Å². The fraction of sp³-hybridized carbons (Fsp3) is 0.143. The van der Waals surface area contributed by atoms with Crippen LogP contribution >= 0.6 is 0 Å². The normalized spacial score (nSPS) is 10.6. The molecule has 0 aliphatic heterocycles. The molecular formula is C14H12N2O. The second-order valence-corrected chi connectivity index (χ2v) is 3.53. The van der Waals surface area contributed by atoms with E-state index in [1.165, 1.54) is 0 Å². The van der Waals surface area contributed by atoms with Crippen LogP contribution in [0.25, 0.3) is 10.9 Å². The number of pyridine rings is 1. The highest BCUT2D eigenvalue weighted by molar-refractivity contribution is 5.80. The minimum atomic E-state index is 0.393. The molecule has 0 aliphatic carbocycles. The molecular weight excluding hydrogens is 212 g/mol. The largest absolute Gasteiger partial charge is 0.472 e. The maximum atomic E-state index is 9.05. The van der Waals surface area contributed by atoms with Crippen LogP contribution in [0.3, 0.4) is 0 Å². The van der Waals surface area contributed by atoms with Crippen LogP contribution in [0.4, 0.5) is 0 Å². The van der Waals surface area contributed by atoms with Crippen LogP contribution in [-0.4, -0.2) is 11.6 Å². The van der Waals surface area contributed by atoms with Crippen molar-refractivity contribution >= 4 is 10.9 Å². The monoisotopic (exact) mass is 224 g/mol. The van der Waals surface area contributed by atoms with Gasteiger partial charge in [-0.15, -0.1) is 0 Å². The number of nitriles is 1. The fourth-order valence-corrected chi connectivity index (χ4v) is 1.51. The van der Waals surface area contributed by atoms with Crippen LogP contribution in [0, 0.1) is 11.3 Å². The van der Waals surface area contributed by atoms with Crippen LogP contribution in [0.1, 0.15) is 12.5 Å². The number of benzene rings is 1. The van der Waals surface area contributed by atoms with E-state index < -0.39 is 0 Å². The summed E-state index contributed by atoms with van der Waals surface area (Å²) in [6.07, 6.45) is 3.77. The van der Waals surface area contributed by atoms with Gasteiger partial charge in [0.15, 0.2) is 0 Å². The number of nitrogens with zero attached hydrogens (tertiary/aromatic N) is 2. The van der Waals surface area contributed by atoms with E-state index in [0.717, 1.165) is 10.9 Å². The highest BCUT2D eigenvalue weighted by Gasteiger charge is 2.06. The molecule has 1 aromatic heterocycles. The zero-order valence-electron chi connectivity index (χ0n) is 9.55. The van der Waals surface area contributed by atoms with Crippen molar-refractivity contribution in [1.29, 1.82) is 5.26 Å². The molecule has 0 saturated heterocycles. The van der Waals surface area contributed by atoms with E-state index in [-0.39, 0.29) is 0 Å². The van der Waals surface area contributed by atoms with Crippen LogP contribution < -0.4 is 4.74 Å². The third-order valence-electron chi connectivity index (χ3n) is 2.36. The fourth-order valence-electron chi connectivity index (χ4n) is 1.51. The molecule has 0 fully saturated rings. The van der Waals surface area contributed by atoms with Gasteiger partial charge < -0.3 is 4.74 Å². The Morgan fingerprint density at radius 1 is 1.41 bits per heavy atom. The van der Waals surface area contributed by atoms with E-state index in [1.807, 2.05) is 43.3 Å². The summed E-state index contributed by atoms with van der Waals surface area (Å²) in [6, 6.07) is 11.6. The number of para-hydroxylation sites is 1. The Balaban J connectivity index is 2.43. The zero-order valence-corrected chi connectivity index (χ0v) is 9.55. The number of hydrogen-bond donors (Lipinski definition) is 0. The average Bonchev–Trinajstić information content (AvgIpc) is 2.38. The molecule has 0 radical (unpaired) electrons. The predicted octanol–water partition coefficient (Wildman–Crippen LogP) is 3.06. The molecule has 17 heavy (non-hydrogen) atoms. The summed E-state index contributed by atoms with van der Waals surface area (Å²) in [5.74, 6) is 0.393. The van der Waals surface area contributed by atoms with Crippen molar-refractivity contribution in [2.24, 2.45) is 0 Å². The Morgan fingerprint density at radius 3 is 3.00 bits per heavy atom. The highest BCUT2D eigenvalue weighted by atomic mass is 16.5. The van der Waals surface area contributed by atoms with E-state index in [9.17, 15) is 0 Å². The Bertz CT molecular complexity index is 597. The lowest BCUT2D eigenvalue weighted by molar-refractivity contribution is 0.348. The molecule has 0 N–H and O–H groups in total. The van der Waals surface area contributed by atoms with Gasteiger partial charge in [-0.2, -0.15) is 5.26 Å². The maximum absolute atomic E-state index is 9.05. The first-order chi connectivity index (χ1) is 8.35. The van der Waals surface area contributed by atoms with Gasteiger partial charge in [0.2, 0.25) is 5.88 Å². The number of hydrogen-bond acceptors (Lipinski definition) is 3. The first-order valence-corrected chi connectivity index (χ1v) is 5.39. The molecule has 1 heterocycles. The Hall–Kier alpha value is -2.34. The van der Waals surface area contributed by atoms with Crippen LogP contribution in [-0.2, 0) is 0 Å². The van der Waals surface area contributed by atoms with E-state index in [2.05, 4.69) is 11.1 Å². The minimum Gasteiger partial charge on any atom is -0.472 e. The summed E-state index contributed by atoms with van der Waals surface area (Å²) in [7, 11) is 0. The van der Waals surface area contributed by atoms with Crippen molar-refractivity contribution in [2.75, 3.05) is 6.61 Å². The van der Waals surface area contributed by atoms with Gasteiger partial charge in [0.25, 0.3) is 0 Å². The molecule has 84 valence electrons. The van der Waals surface area contributed by atoms with Crippen LogP contribution in [0.5, 0.6) is 5.88 Å². The molecule has 0 atom stereocenters. The van der Waals surface area contributed by atoms with Crippen molar-refractivity contribution in [3.8, 4) is 11.9 Å². The highest BCUT2D eigenvalue weighted by Crippen LogP contribution is 2.21. The van der Waals surface area contributed by atoms with Crippen molar-refractivity contribution in [1.82, 2.24) is 4.98 Å². The molecule has 1 aromatic carbocycles. The Morgan fingerprint density at radius 2 is 2.24 bits per heavy atom. The van der Waals surface area contributed by atoms with Crippen molar-refractivity contribution in [2.45, 2.75) is 6.92 Å². The maximum Gasteiger partial charge on any atom is 0.232 e.